The number of nitriles is 1. The Morgan fingerprint density at radius 3 is 2.88 bits per heavy atom. The van der Waals surface area contributed by atoms with E-state index in [1.165, 1.54) is 0 Å². The summed E-state index contributed by atoms with van der Waals surface area (Å²) in [5, 5.41) is 14.4. The molecule has 17 heavy (non-hydrogen) atoms. The maximum Gasteiger partial charge on any atom is 0.319 e. The molecular weight excluding hydrogens is 214 g/mol. The van der Waals surface area contributed by atoms with Gasteiger partial charge in [-0.15, -0.1) is 0 Å². The van der Waals surface area contributed by atoms with Crippen molar-refractivity contribution >= 4 is 11.7 Å². The summed E-state index contributed by atoms with van der Waals surface area (Å²) >= 11 is 0. The number of urea groups is 1. The van der Waals surface area contributed by atoms with Gasteiger partial charge in [0.2, 0.25) is 0 Å². The third-order valence-corrected chi connectivity index (χ3v) is 2.96. The molecule has 0 aliphatic heterocycles. The predicted octanol–water partition coefficient (Wildman–Crippen LogP) is 2.48. The van der Waals surface area contributed by atoms with Crippen LogP contribution < -0.4 is 10.6 Å². The maximum absolute atomic E-state index is 11.6. The van der Waals surface area contributed by atoms with Crippen LogP contribution in [0.15, 0.2) is 24.3 Å². The minimum absolute atomic E-state index is 0.197. The van der Waals surface area contributed by atoms with Gasteiger partial charge < -0.3 is 10.6 Å². The standard InChI is InChI=1S/C13H15N3O/c1-9-5-12(6-9)16-13(17)15-11-4-2-3-10(7-11)8-14/h2-4,7,9,12H,5-6H2,1H3,(H2,15,16,17). The van der Waals surface area contributed by atoms with Gasteiger partial charge in [0, 0.05) is 11.7 Å². The monoisotopic (exact) mass is 229 g/mol. The van der Waals surface area contributed by atoms with E-state index in [4.69, 9.17) is 5.26 Å². The summed E-state index contributed by atoms with van der Waals surface area (Å²) in [5.74, 6) is 0.710. The zero-order valence-corrected chi connectivity index (χ0v) is 9.73. The van der Waals surface area contributed by atoms with Crippen LogP contribution in [-0.4, -0.2) is 12.1 Å². The van der Waals surface area contributed by atoms with Crippen LogP contribution in [-0.2, 0) is 0 Å². The lowest BCUT2D eigenvalue weighted by molar-refractivity contribution is 0.219. The number of carbonyl (C=O) groups excluding carboxylic acids is 1. The highest BCUT2D eigenvalue weighted by Gasteiger charge is 2.26. The molecule has 0 unspecified atom stereocenters. The van der Waals surface area contributed by atoms with E-state index < -0.39 is 0 Å². The van der Waals surface area contributed by atoms with E-state index in [0.717, 1.165) is 12.8 Å². The second-order valence-corrected chi connectivity index (χ2v) is 4.56. The molecule has 1 aromatic rings. The minimum Gasteiger partial charge on any atom is -0.335 e. The van der Waals surface area contributed by atoms with Crippen molar-refractivity contribution in [3.05, 3.63) is 29.8 Å². The van der Waals surface area contributed by atoms with Gasteiger partial charge in [0.1, 0.15) is 0 Å². The second kappa shape index (κ2) is 4.88. The molecule has 1 fully saturated rings. The van der Waals surface area contributed by atoms with Gasteiger partial charge in [0.25, 0.3) is 0 Å². The summed E-state index contributed by atoms with van der Waals surface area (Å²) in [4.78, 5) is 11.6. The number of rotatable bonds is 2. The SMILES string of the molecule is CC1CC(NC(=O)Nc2cccc(C#N)c2)C1. The lowest BCUT2D eigenvalue weighted by atomic mass is 9.82. The number of benzene rings is 1. The van der Waals surface area contributed by atoms with Crippen LogP contribution in [0.25, 0.3) is 0 Å². The molecule has 0 aromatic heterocycles. The fraction of sp³-hybridized carbons (Fsp3) is 0.385. The minimum atomic E-state index is -0.197. The molecule has 1 aromatic carbocycles. The Hall–Kier alpha value is -2.02. The maximum atomic E-state index is 11.6. The van der Waals surface area contributed by atoms with Crippen molar-refractivity contribution in [2.45, 2.75) is 25.8 Å². The van der Waals surface area contributed by atoms with Crippen molar-refractivity contribution in [1.29, 1.82) is 5.26 Å². The molecule has 1 aliphatic carbocycles. The van der Waals surface area contributed by atoms with E-state index in [1.54, 1.807) is 24.3 Å². The molecule has 4 nitrogen and oxygen atoms in total. The number of hydrogen-bond acceptors (Lipinski definition) is 2. The smallest absolute Gasteiger partial charge is 0.319 e. The zero-order chi connectivity index (χ0) is 12.3. The van der Waals surface area contributed by atoms with E-state index >= 15 is 0 Å². The molecule has 0 atom stereocenters. The molecule has 0 bridgehead atoms. The molecule has 0 saturated heterocycles. The van der Waals surface area contributed by atoms with Crippen LogP contribution in [0.4, 0.5) is 10.5 Å². The Morgan fingerprint density at radius 1 is 1.47 bits per heavy atom. The molecule has 1 aliphatic rings. The fourth-order valence-corrected chi connectivity index (χ4v) is 2.04. The lowest BCUT2D eigenvalue weighted by Gasteiger charge is -2.33. The third kappa shape index (κ3) is 2.97. The van der Waals surface area contributed by atoms with Crippen LogP contribution in [0, 0.1) is 17.2 Å². The van der Waals surface area contributed by atoms with Gasteiger partial charge in [-0.25, -0.2) is 4.79 Å². The van der Waals surface area contributed by atoms with Crippen LogP contribution >= 0.6 is 0 Å². The molecule has 2 N–H and O–H groups in total. The average Bonchev–Trinajstić information content (AvgIpc) is 2.27. The van der Waals surface area contributed by atoms with E-state index in [9.17, 15) is 4.79 Å². The first-order valence-corrected chi connectivity index (χ1v) is 5.75. The first-order valence-electron chi connectivity index (χ1n) is 5.75. The highest BCUT2D eigenvalue weighted by atomic mass is 16.2. The fourth-order valence-electron chi connectivity index (χ4n) is 2.04. The summed E-state index contributed by atoms with van der Waals surface area (Å²) in [7, 11) is 0. The Bertz CT molecular complexity index is 458. The number of anilines is 1. The molecule has 0 heterocycles. The van der Waals surface area contributed by atoms with Gasteiger partial charge in [0.15, 0.2) is 0 Å². The number of nitrogens with one attached hydrogen (secondary N) is 2. The van der Waals surface area contributed by atoms with Crippen LogP contribution in [0.5, 0.6) is 0 Å². The van der Waals surface area contributed by atoms with Crippen molar-refractivity contribution in [3.8, 4) is 6.07 Å². The van der Waals surface area contributed by atoms with E-state index in [-0.39, 0.29) is 6.03 Å². The Labute approximate surface area is 101 Å². The van der Waals surface area contributed by atoms with Crippen LogP contribution in [0.3, 0.4) is 0 Å². The first-order chi connectivity index (χ1) is 8.17. The van der Waals surface area contributed by atoms with E-state index in [0.29, 0.717) is 23.2 Å². The van der Waals surface area contributed by atoms with Crippen LogP contribution in [0.1, 0.15) is 25.3 Å². The summed E-state index contributed by atoms with van der Waals surface area (Å²) in [6.07, 6.45) is 2.09. The highest BCUT2D eigenvalue weighted by molar-refractivity contribution is 5.89. The highest BCUT2D eigenvalue weighted by Crippen LogP contribution is 2.26. The number of hydrogen-bond donors (Lipinski definition) is 2. The molecular formula is C13H15N3O. The summed E-state index contributed by atoms with van der Waals surface area (Å²) in [6, 6.07) is 9.01. The molecule has 2 rings (SSSR count). The van der Waals surface area contributed by atoms with Crippen molar-refractivity contribution in [1.82, 2.24) is 5.32 Å². The zero-order valence-electron chi connectivity index (χ0n) is 9.73. The molecule has 1 saturated carbocycles. The van der Waals surface area contributed by atoms with Gasteiger partial charge in [0.05, 0.1) is 11.6 Å². The summed E-state index contributed by atoms with van der Waals surface area (Å²) in [6.45, 7) is 2.17. The van der Waals surface area contributed by atoms with Crippen LogP contribution in [0.2, 0.25) is 0 Å². The van der Waals surface area contributed by atoms with E-state index in [1.807, 2.05) is 6.07 Å². The topological polar surface area (TPSA) is 64.9 Å². The largest absolute Gasteiger partial charge is 0.335 e. The van der Waals surface area contributed by atoms with Gasteiger partial charge in [-0.2, -0.15) is 5.26 Å². The summed E-state index contributed by atoms with van der Waals surface area (Å²) < 4.78 is 0. The number of nitrogens with zero attached hydrogens (tertiary/aromatic N) is 1. The normalized spacial score (nSPS) is 22.1. The molecule has 0 radical (unpaired) electrons. The Kier molecular flexibility index (Phi) is 3.29. The number of carbonyl (C=O) groups is 1. The lowest BCUT2D eigenvalue weighted by Crippen LogP contribution is -2.45. The van der Waals surface area contributed by atoms with Crippen molar-refractivity contribution in [3.63, 3.8) is 0 Å². The molecule has 2 amide bonds. The predicted molar refractivity (Wildman–Crippen MR) is 65.5 cm³/mol. The van der Waals surface area contributed by atoms with Crippen molar-refractivity contribution in [2.24, 2.45) is 5.92 Å². The summed E-state index contributed by atoms with van der Waals surface area (Å²) in [5.41, 5.74) is 1.19. The van der Waals surface area contributed by atoms with Crippen molar-refractivity contribution < 1.29 is 4.79 Å². The first kappa shape index (κ1) is 11.5. The Morgan fingerprint density at radius 2 is 2.24 bits per heavy atom. The van der Waals surface area contributed by atoms with Gasteiger partial charge in [-0.1, -0.05) is 13.0 Å². The second-order valence-electron chi connectivity index (χ2n) is 4.56. The molecule has 88 valence electrons. The quantitative estimate of drug-likeness (QED) is 0.818. The van der Waals surface area contributed by atoms with Gasteiger partial charge in [-0.3, -0.25) is 0 Å². The average molecular weight is 229 g/mol. The van der Waals surface area contributed by atoms with Gasteiger partial charge in [-0.05, 0) is 37.0 Å². The molecule has 4 heteroatoms. The van der Waals surface area contributed by atoms with E-state index in [2.05, 4.69) is 17.6 Å². The number of amides is 2. The molecule has 0 spiro atoms. The van der Waals surface area contributed by atoms with Gasteiger partial charge >= 0.3 is 6.03 Å². The third-order valence-electron chi connectivity index (χ3n) is 2.96. The Balaban J connectivity index is 1.87. The van der Waals surface area contributed by atoms with Crippen molar-refractivity contribution in [2.75, 3.05) is 5.32 Å².